The summed E-state index contributed by atoms with van der Waals surface area (Å²) in [4.78, 5) is 10.6. The second-order valence-corrected chi connectivity index (χ2v) is 7.61. The highest BCUT2D eigenvalue weighted by atomic mass is 35.5. The molecule has 1 amide bonds. The van der Waals surface area contributed by atoms with E-state index in [-0.39, 0.29) is 16.4 Å². The predicted molar refractivity (Wildman–Crippen MR) is 89.5 cm³/mol. The first-order chi connectivity index (χ1) is 11.4. The Bertz CT molecular complexity index is 790. The molecule has 128 valence electrons. The van der Waals surface area contributed by atoms with Gasteiger partial charge in [0.2, 0.25) is 6.41 Å². The molecule has 0 saturated heterocycles. The van der Waals surface area contributed by atoms with Crippen LogP contribution in [-0.2, 0) is 14.6 Å². The van der Waals surface area contributed by atoms with Gasteiger partial charge in [0.05, 0.1) is 23.3 Å². The fraction of sp³-hybridized carbons (Fsp3) is 0.188. The van der Waals surface area contributed by atoms with Crippen LogP contribution in [0.15, 0.2) is 53.4 Å². The summed E-state index contributed by atoms with van der Waals surface area (Å²) in [6, 6.07) is 12.1. The lowest BCUT2D eigenvalue weighted by atomic mass is 10.1. The fourth-order valence-corrected chi connectivity index (χ4v) is 3.78. The van der Waals surface area contributed by atoms with Crippen LogP contribution < -0.4 is 0 Å². The van der Waals surface area contributed by atoms with Crippen LogP contribution >= 0.6 is 11.6 Å². The van der Waals surface area contributed by atoms with Gasteiger partial charge in [0.25, 0.3) is 0 Å². The molecule has 1 unspecified atom stereocenters. The van der Waals surface area contributed by atoms with E-state index in [2.05, 4.69) is 0 Å². The van der Waals surface area contributed by atoms with Crippen LogP contribution in [0, 0.1) is 0 Å². The van der Waals surface area contributed by atoms with Gasteiger partial charge in [-0.25, -0.2) is 13.5 Å². The molecule has 0 heterocycles. The molecule has 6 nitrogen and oxygen atoms in total. The second kappa shape index (κ2) is 7.76. The number of hydrogen-bond acceptors (Lipinski definition) is 5. The zero-order chi connectivity index (χ0) is 17.7. The topological polar surface area (TPSA) is 94.9 Å². The van der Waals surface area contributed by atoms with E-state index in [4.69, 9.17) is 16.7 Å². The summed E-state index contributed by atoms with van der Waals surface area (Å²) in [6.07, 6.45) is 0.0556. The molecule has 0 radical (unpaired) electrons. The van der Waals surface area contributed by atoms with E-state index in [0.29, 0.717) is 5.02 Å². The molecule has 2 aromatic rings. The average molecular weight is 370 g/mol. The molecule has 0 aliphatic heterocycles. The van der Waals surface area contributed by atoms with Crippen molar-refractivity contribution in [2.24, 2.45) is 0 Å². The lowest BCUT2D eigenvalue weighted by Gasteiger charge is -2.20. The summed E-state index contributed by atoms with van der Waals surface area (Å²) >= 11 is 5.83. The molecule has 0 saturated carbocycles. The molecule has 2 N–H and O–H groups in total. The first-order valence-electron chi connectivity index (χ1n) is 6.99. The summed E-state index contributed by atoms with van der Waals surface area (Å²) < 4.78 is 24.7. The molecule has 0 aromatic heterocycles. The van der Waals surface area contributed by atoms with Gasteiger partial charge in [0.1, 0.15) is 0 Å². The standard InChI is InChI=1S/C16H16ClNO5S/c17-14-5-1-12(2-6-14)13-3-7-16(8-4-13)24(22,23)10-15(9-19)18(21)11-20/h1-8,11,15,19,21H,9-10H2. The Hall–Kier alpha value is -1.93. The molecular weight excluding hydrogens is 354 g/mol. The number of carbonyl (C=O) groups is 1. The van der Waals surface area contributed by atoms with E-state index < -0.39 is 28.2 Å². The Balaban J connectivity index is 2.22. The number of hydrogen-bond donors (Lipinski definition) is 2. The minimum atomic E-state index is -3.77. The number of sulfone groups is 1. The van der Waals surface area contributed by atoms with Crippen molar-refractivity contribution >= 4 is 27.8 Å². The van der Waals surface area contributed by atoms with E-state index in [1.54, 1.807) is 24.3 Å². The van der Waals surface area contributed by atoms with Crippen molar-refractivity contribution in [1.82, 2.24) is 5.06 Å². The predicted octanol–water partition coefficient (Wildman–Crippen LogP) is 1.99. The number of nitrogens with zero attached hydrogens (tertiary/aromatic N) is 1. The summed E-state index contributed by atoms with van der Waals surface area (Å²) in [5.41, 5.74) is 1.71. The molecule has 2 rings (SSSR count). The van der Waals surface area contributed by atoms with Crippen molar-refractivity contribution in [3.8, 4) is 11.1 Å². The fourth-order valence-electron chi connectivity index (χ4n) is 2.15. The molecule has 0 aliphatic carbocycles. The molecule has 0 bridgehead atoms. The van der Waals surface area contributed by atoms with Crippen molar-refractivity contribution in [2.75, 3.05) is 12.4 Å². The van der Waals surface area contributed by atoms with Gasteiger partial charge in [0, 0.05) is 5.02 Å². The van der Waals surface area contributed by atoms with Gasteiger partial charge >= 0.3 is 0 Å². The first-order valence-corrected chi connectivity index (χ1v) is 9.02. The normalized spacial score (nSPS) is 12.6. The molecule has 1 atom stereocenters. The van der Waals surface area contributed by atoms with E-state index in [9.17, 15) is 18.4 Å². The highest BCUT2D eigenvalue weighted by molar-refractivity contribution is 7.91. The summed E-state index contributed by atoms with van der Waals surface area (Å²) in [6.45, 7) is -0.669. The van der Waals surface area contributed by atoms with Crippen LogP contribution in [0.3, 0.4) is 0 Å². The van der Waals surface area contributed by atoms with Crippen LogP contribution in [0.5, 0.6) is 0 Å². The Morgan fingerprint density at radius 1 is 1.04 bits per heavy atom. The van der Waals surface area contributed by atoms with E-state index in [1.165, 1.54) is 12.1 Å². The number of carbonyl (C=O) groups excluding carboxylic acids is 1. The molecule has 2 aromatic carbocycles. The third-order valence-corrected chi connectivity index (χ3v) is 5.56. The number of halogens is 1. The lowest BCUT2D eigenvalue weighted by Crippen LogP contribution is -2.39. The van der Waals surface area contributed by atoms with Gasteiger partial charge in [-0.2, -0.15) is 0 Å². The molecule has 0 spiro atoms. The van der Waals surface area contributed by atoms with Crippen molar-refractivity contribution in [3.05, 3.63) is 53.6 Å². The van der Waals surface area contributed by atoms with Gasteiger partial charge in [-0.15, -0.1) is 0 Å². The lowest BCUT2D eigenvalue weighted by molar-refractivity contribution is -0.161. The van der Waals surface area contributed by atoms with Crippen LogP contribution in [0.2, 0.25) is 5.02 Å². The maximum atomic E-state index is 12.3. The Morgan fingerprint density at radius 3 is 2.00 bits per heavy atom. The highest BCUT2D eigenvalue weighted by Crippen LogP contribution is 2.23. The highest BCUT2D eigenvalue weighted by Gasteiger charge is 2.24. The van der Waals surface area contributed by atoms with E-state index in [1.807, 2.05) is 12.1 Å². The van der Waals surface area contributed by atoms with Gasteiger partial charge in [0.15, 0.2) is 9.84 Å². The van der Waals surface area contributed by atoms with Crippen molar-refractivity contribution in [1.29, 1.82) is 0 Å². The third kappa shape index (κ3) is 4.33. The number of aliphatic hydroxyl groups is 1. The number of hydroxylamine groups is 2. The zero-order valence-corrected chi connectivity index (χ0v) is 14.1. The van der Waals surface area contributed by atoms with Crippen molar-refractivity contribution < 1.29 is 23.5 Å². The zero-order valence-electron chi connectivity index (χ0n) is 12.5. The van der Waals surface area contributed by atoms with Crippen molar-refractivity contribution in [2.45, 2.75) is 10.9 Å². The summed E-state index contributed by atoms with van der Waals surface area (Å²) in [5, 5.41) is 19.2. The van der Waals surface area contributed by atoms with Crippen LogP contribution in [0.25, 0.3) is 11.1 Å². The number of amides is 1. The smallest absolute Gasteiger partial charge is 0.233 e. The van der Waals surface area contributed by atoms with Gasteiger partial charge in [-0.05, 0) is 35.4 Å². The van der Waals surface area contributed by atoms with Crippen LogP contribution in [0.1, 0.15) is 0 Å². The van der Waals surface area contributed by atoms with E-state index in [0.717, 1.165) is 11.1 Å². The monoisotopic (exact) mass is 369 g/mol. The molecule has 8 heteroatoms. The quantitative estimate of drug-likeness (QED) is 0.442. The Labute approximate surface area is 144 Å². The minimum Gasteiger partial charge on any atom is -0.394 e. The van der Waals surface area contributed by atoms with Crippen molar-refractivity contribution in [3.63, 3.8) is 0 Å². The largest absolute Gasteiger partial charge is 0.394 e. The molecular formula is C16H16ClNO5S. The van der Waals surface area contributed by atoms with E-state index >= 15 is 0 Å². The van der Waals surface area contributed by atoms with Gasteiger partial charge in [-0.1, -0.05) is 35.9 Å². The first kappa shape index (κ1) is 18.4. The van der Waals surface area contributed by atoms with Crippen LogP contribution in [-0.4, -0.2) is 48.6 Å². The number of benzene rings is 2. The summed E-state index contributed by atoms with van der Waals surface area (Å²) in [5.74, 6) is -0.584. The maximum absolute atomic E-state index is 12.3. The Morgan fingerprint density at radius 2 is 1.54 bits per heavy atom. The number of aliphatic hydroxyl groups excluding tert-OH is 1. The Kier molecular flexibility index (Phi) is 5.95. The van der Waals surface area contributed by atoms with Crippen LogP contribution in [0.4, 0.5) is 0 Å². The summed E-state index contributed by atoms with van der Waals surface area (Å²) in [7, 11) is -3.77. The minimum absolute atomic E-state index is 0.0398. The SMILES string of the molecule is O=CN(O)C(CO)CS(=O)(=O)c1ccc(-c2ccc(Cl)cc2)cc1. The van der Waals surface area contributed by atoms with Gasteiger partial charge in [-0.3, -0.25) is 10.0 Å². The molecule has 0 aliphatic rings. The third-order valence-electron chi connectivity index (χ3n) is 3.50. The van der Waals surface area contributed by atoms with Gasteiger partial charge < -0.3 is 5.11 Å². The number of rotatable bonds is 7. The molecule has 0 fully saturated rings. The molecule has 24 heavy (non-hydrogen) atoms. The second-order valence-electron chi connectivity index (χ2n) is 5.13. The maximum Gasteiger partial charge on any atom is 0.233 e. The average Bonchev–Trinajstić information content (AvgIpc) is 2.60.